The van der Waals surface area contributed by atoms with Gasteiger partial charge in [-0.2, -0.15) is 0 Å². The molecule has 0 aliphatic heterocycles. The van der Waals surface area contributed by atoms with Crippen molar-refractivity contribution < 1.29 is 19.8 Å². The zero-order valence-corrected chi connectivity index (χ0v) is 8.99. The summed E-state index contributed by atoms with van der Waals surface area (Å²) in [5.41, 5.74) is 0.337. The van der Waals surface area contributed by atoms with E-state index in [1.54, 1.807) is 0 Å². The Hall–Kier alpha value is -1.26. The molecule has 0 radical (unpaired) electrons. The van der Waals surface area contributed by atoms with Gasteiger partial charge in [0.1, 0.15) is 5.92 Å². The van der Waals surface area contributed by atoms with E-state index < -0.39 is 30.2 Å². The molecule has 15 heavy (non-hydrogen) atoms. The third kappa shape index (κ3) is 3.42. The smallest absolute Gasteiger partial charge is 0.171 e. The number of allylic oxidation sites excluding steroid dienone is 2. The maximum Gasteiger partial charge on any atom is 0.171 e. The van der Waals surface area contributed by atoms with Crippen molar-refractivity contribution in [3.8, 4) is 0 Å². The minimum absolute atomic E-state index is 0.169. The largest absolute Gasteiger partial charge is 0.394 e. The van der Waals surface area contributed by atoms with Gasteiger partial charge in [-0.25, -0.2) is 0 Å². The summed E-state index contributed by atoms with van der Waals surface area (Å²) in [6.07, 6.45) is -1.40. The third-order valence-corrected chi connectivity index (χ3v) is 1.98. The highest BCUT2D eigenvalue weighted by Crippen LogP contribution is 2.15. The van der Waals surface area contributed by atoms with Gasteiger partial charge in [-0.15, -0.1) is 0 Å². The number of hydrogen-bond donors (Lipinski definition) is 2. The van der Waals surface area contributed by atoms with Crippen LogP contribution in [-0.4, -0.2) is 34.5 Å². The molecule has 0 bridgehead atoms. The molecule has 2 N–H and O–H groups in total. The number of Topliss-reactive ketones (excluding diaryl/α,β-unsaturated/α-hetero) is 2. The van der Waals surface area contributed by atoms with E-state index >= 15 is 0 Å². The van der Waals surface area contributed by atoms with E-state index in [1.165, 1.54) is 13.8 Å². The quantitative estimate of drug-likeness (QED) is 0.489. The predicted octanol–water partition coefficient (Wildman–Crippen LogP) is 0.246. The molecule has 0 saturated heterocycles. The van der Waals surface area contributed by atoms with E-state index in [1.807, 2.05) is 0 Å². The maximum atomic E-state index is 11.6. The molecule has 0 spiro atoms. The van der Waals surface area contributed by atoms with Gasteiger partial charge in [-0.05, 0) is 25.0 Å². The average molecular weight is 212 g/mol. The van der Waals surface area contributed by atoms with Gasteiger partial charge in [0.05, 0.1) is 12.7 Å². The molecule has 0 aromatic carbocycles. The molecule has 4 nitrogen and oxygen atoms in total. The van der Waals surface area contributed by atoms with E-state index in [0.29, 0.717) is 0 Å². The zero-order valence-electron chi connectivity index (χ0n) is 8.99. The fourth-order valence-electron chi connectivity index (χ4n) is 1.10. The standard InChI is InChI=1S/C11H16O4/c1-6(2)10(14)9(8(13)5-12)11(15)7(3)4/h8-9,12-13H,1,3,5H2,2,4H3. The first-order chi connectivity index (χ1) is 6.82. The molecular formula is C11H16O4. The first-order valence-electron chi connectivity index (χ1n) is 4.51. The Morgan fingerprint density at radius 1 is 1.13 bits per heavy atom. The molecule has 84 valence electrons. The fraction of sp³-hybridized carbons (Fsp3) is 0.455. The second kappa shape index (κ2) is 5.58. The van der Waals surface area contributed by atoms with Crippen molar-refractivity contribution in [1.82, 2.24) is 0 Å². The van der Waals surface area contributed by atoms with Crippen molar-refractivity contribution in [3.05, 3.63) is 24.3 Å². The summed E-state index contributed by atoms with van der Waals surface area (Å²) < 4.78 is 0. The minimum atomic E-state index is -1.40. The van der Waals surface area contributed by atoms with E-state index in [4.69, 9.17) is 5.11 Å². The highest BCUT2D eigenvalue weighted by Gasteiger charge is 2.33. The molecule has 0 aromatic rings. The number of hydrogen-bond acceptors (Lipinski definition) is 4. The predicted molar refractivity (Wildman–Crippen MR) is 56.2 cm³/mol. The number of rotatable bonds is 6. The molecule has 0 rings (SSSR count). The summed E-state index contributed by atoms with van der Waals surface area (Å²) in [5, 5.41) is 18.1. The van der Waals surface area contributed by atoms with Crippen LogP contribution >= 0.6 is 0 Å². The van der Waals surface area contributed by atoms with Gasteiger partial charge in [0.25, 0.3) is 0 Å². The molecule has 0 fully saturated rings. The van der Waals surface area contributed by atoms with E-state index in [-0.39, 0.29) is 11.1 Å². The van der Waals surface area contributed by atoms with Crippen LogP contribution in [0.1, 0.15) is 13.8 Å². The molecular weight excluding hydrogens is 196 g/mol. The second-order valence-corrected chi connectivity index (χ2v) is 3.52. The normalized spacial score (nSPS) is 12.3. The number of ketones is 2. The Labute approximate surface area is 88.9 Å². The maximum absolute atomic E-state index is 11.6. The van der Waals surface area contributed by atoms with Crippen LogP contribution in [0.25, 0.3) is 0 Å². The first kappa shape index (κ1) is 13.7. The van der Waals surface area contributed by atoms with Crippen molar-refractivity contribution in [1.29, 1.82) is 0 Å². The van der Waals surface area contributed by atoms with Crippen LogP contribution in [0.15, 0.2) is 24.3 Å². The summed E-state index contributed by atoms with van der Waals surface area (Å²) >= 11 is 0. The van der Waals surface area contributed by atoms with Crippen LogP contribution in [0, 0.1) is 5.92 Å². The molecule has 0 saturated carbocycles. The monoisotopic (exact) mass is 212 g/mol. The molecule has 0 aliphatic carbocycles. The van der Waals surface area contributed by atoms with Crippen LogP contribution < -0.4 is 0 Å². The van der Waals surface area contributed by atoms with Crippen molar-refractivity contribution in [3.63, 3.8) is 0 Å². The number of carbonyl (C=O) groups is 2. The van der Waals surface area contributed by atoms with E-state index in [0.717, 1.165) is 0 Å². The van der Waals surface area contributed by atoms with Crippen molar-refractivity contribution >= 4 is 11.6 Å². The van der Waals surface area contributed by atoms with Crippen LogP contribution in [0.5, 0.6) is 0 Å². The van der Waals surface area contributed by atoms with Gasteiger partial charge in [0, 0.05) is 0 Å². The Morgan fingerprint density at radius 3 is 1.67 bits per heavy atom. The lowest BCUT2D eigenvalue weighted by Gasteiger charge is -2.18. The molecule has 4 heteroatoms. The lowest BCUT2D eigenvalue weighted by Crippen LogP contribution is -2.38. The van der Waals surface area contributed by atoms with Crippen molar-refractivity contribution in [2.75, 3.05) is 6.61 Å². The molecule has 0 aliphatic rings. The number of aliphatic hydroxyl groups excluding tert-OH is 2. The van der Waals surface area contributed by atoms with Gasteiger partial charge < -0.3 is 10.2 Å². The number of aliphatic hydroxyl groups is 2. The van der Waals surface area contributed by atoms with Gasteiger partial charge in [0.2, 0.25) is 0 Å². The van der Waals surface area contributed by atoms with E-state index in [2.05, 4.69) is 13.2 Å². The lowest BCUT2D eigenvalue weighted by molar-refractivity contribution is -0.134. The Bertz CT molecular complexity index is 278. The van der Waals surface area contributed by atoms with Crippen LogP contribution in [0.2, 0.25) is 0 Å². The van der Waals surface area contributed by atoms with Crippen LogP contribution in [0.3, 0.4) is 0 Å². The fourth-order valence-corrected chi connectivity index (χ4v) is 1.10. The third-order valence-electron chi connectivity index (χ3n) is 1.98. The van der Waals surface area contributed by atoms with E-state index in [9.17, 15) is 14.7 Å². The Morgan fingerprint density at radius 2 is 1.47 bits per heavy atom. The van der Waals surface area contributed by atoms with Crippen molar-refractivity contribution in [2.45, 2.75) is 20.0 Å². The zero-order chi connectivity index (χ0) is 12.2. The molecule has 0 heterocycles. The number of carbonyl (C=O) groups excluding carboxylic acids is 2. The molecule has 0 amide bonds. The Balaban J connectivity index is 5.06. The molecule has 1 atom stereocenters. The highest BCUT2D eigenvalue weighted by molar-refractivity contribution is 6.15. The summed E-state index contributed by atoms with van der Waals surface area (Å²) in [7, 11) is 0. The topological polar surface area (TPSA) is 74.6 Å². The lowest BCUT2D eigenvalue weighted by atomic mass is 9.87. The summed E-state index contributed by atoms with van der Waals surface area (Å²) in [4.78, 5) is 23.1. The molecule has 0 aromatic heterocycles. The molecule has 1 unspecified atom stereocenters. The van der Waals surface area contributed by atoms with Gasteiger partial charge in [-0.1, -0.05) is 13.2 Å². The minimum Gasteiger partial charge on any atom is -0.394 e. The van der Waals surface area contributed by atoms with Gasteiger partial charge in [0.15, 0.2) is 11.6 Å². The van der Waals surface area contributed by atoms with Crippen LogP contribution in [-0.2, 0) is 9.59 Å². The van der Waals surface area contributed by atoms with Crippen molar-refractivity contribution in [2.24, 2.45) is 5.92 Å². The average Bonchev–Trinajstić information content (AvgIpc) is 2.16. The summed E-state index contributed by atoms with van der Waals surface area (Å²) in [5.74, 6) is -2.42. The van der Waals surface area contributed by atoms with Gasteiger partial charge in [-0.3, -0.25) is 9.59 Å². The SMILES string of the molecule is C=C(C)C(=O)C(C(=O)C(=C)C)C(O)CO. The highest BCUT2D eigenvalue weighted by atomic mass is 16.3. The summed E-state index contributed by atoms with van der Waals surface area (Å²) in [6, 6.07) is 0. The summed E-state index contributed by atoms with van der Waals surface area (Å²) in [6.45, 7) is 9.07. The Kier molecular flexibility index (Phi) is 5.11. The second-order valence-electron chi connectivity index (χ2n) is 3.52. The first-order valence-corrected chi connectivity index (χ1v) is 4.51. The van der Waals surface area contributed by atoms with Gasteiger partial charge >= 0.3 is 0 Å². The van der Waals surface area contributed by atoms with Crippen LogP contribution in [0.4, 0.5) is 0 Å².